The van der Waals surface area contributed by atoms with Gasteiger partial charge in [0.1, 0.15) is 0 Å². The van der Waals surface area contributed by atoms with Crippen LogP contribution in [-0.2, 0) is 14.8 Å². The predicted octanol–water partition coefficient (Wildman–Crippen LogP) is 2.66. The number of esters is 1. The molecule has 1 saturated heterocycles. The number of ketones is 1. The summed E-state index contributed by atoms with van der Waals surface area (Å²) in [5.74, 6) is -2.15. The van der Waals surface area contributed by atoms with Gasteiger partial charge in [0, 0.05) is 18.7 Å². The molecule has 0 atom stereocenters. The molecular formula is C20H20FNO6S. The summed E-state index contributed by atoms with van der Waals surface area (Å²) in [5, 5.41) is 0. The van der Waals surface area contributed by atoms with Crippen LogP contribution in [0.1, 0.15) is 33.6 Å². The molecule has 1 fully saturated rings. The molecule has 1 heterocycles. The molecule has 0 N–H and O–H groups in total. The van der Waals surface area contributed by atoms with Crippen LogP contribution >= 0.6 is 0 Å². The molecule has 0 radical (unpaired) electrons. The first-order valence-corrected chi connectivity index (χ1v) is 10.4. The number of nitrogens with zero attached hydrogens (tertiary/aromatic N) is 1. The summed E-state index contributed by atoms with van der Waals surface area (Å²) in [6.07, 6.45) is 1.60. The summed E-state index contributed by atoms with van der Waals surface area (Å²) in [4.78, 5) is 24.4. The van der Waals surface area contributed by atoms with E-state index in [0.29, 0.717) is 13.1 Å². The Morgan fingerprint density at radius 3 is 2.45 bits per heavy atom. The molecule has 0 unspecified atom stereocenters. The van der Waals surface area contributed by atoms with Gasteiger partial charge in [0.2, 0.25) is 10.0 Å². The normalized spacial score (nSPS) is 14.6. The Balaban J connectivity index is 1.68. The number of halogens is 1. The Kier molecular flexibility index (Phi) is 6.29. The lowest BCUT2D eigenvalue weighted by atomic mass is 10.1. The van der Waals surface area contributed by atoms with Gasteiger partial charge in [-0.25, -0.2) is 17.6 Å². The Morgan fingerprint density at radius 2 is 1.79 bits per heavy atom. The highest BCUT2D eigenvalue weighted by Crippen LogP contribution is 2.22. The van der Waals surface area contributed by atoms with E-state index in [-0.39, 0.29) is 21.8 Å². The van der Waals surface area contributed by atoms with Crippen molar-refractivity contribution in [2.24, 2.45) is 0 Å². The van der Waals surface area contributed by atoms with E-state index in [0.717, 1.165) is 18.9 Å². The van der Waals surface area contributed by atoms with E-state index in [1.807, 2.05) is 0 Å². The van der Waals surface area contributed by atoms with Crippen molar-refractivity contribution >= 4 is 21.8 Å². The largest absolute Gasteiger partial charge is 0.494 e. The number of carbonyl (C=O) groups is 2. The maximum atomic E-state index is 13.7. The second-order valence-corrected chi connectivity index (χ2v) is 8.43. The third-order valence-corrected chi connectivity index (χ3v) is 6.48. The fraction of sp³-hybridized carbons (Fsp3) is 0.300. The number of methoxy groups -OCH3 is 1. The Labute approximate surface area is 168 Å². The van der Waals surface area contributed by atoms with E-state index in [2.05, 4.69) is 0 Å². The van der Waals surface area contributed by atoms with Gasteiger partial charge in [-0.3, -0.25) is 4.79 Å². The van der Waals surface area contributed by atoms with E-state index in [1.54, 1.807) is 0 Å². The smallest absolute Gasteiger partial charge is 0.338 e. The molecule has 0 spiro atoms. The van der Waals surface area contributed by atoms with Crippen molar-refractivity contribution in [1.29, 1.82) is 0 Å². The predicted molar refractivity (Wildman–Crippen MR) is 102 cm³/mol. The van der Waals surface area contributed by atoms with Crippen LogP contribution in [0, 0.1) is 5.82 Å². The number of rotatable bonds is 7. The van der Waals surface area contributed by atoms with Gasteiger partial charge < -0.3 is 9.47 Å². The van der Waals surface area contributed by atoms with Crippen LogP contribution in [0.4, 0.5) is 4.39 Å². The minimum absolute atomic E-state index is 0.00241. The fourth-order valence-electron chi connectivity index (χ4n) is 3.00. The molecule has 7 nitrogen and oxygen atoms in total. The first-order valence-electron chi connectivity index (χ1n) is 8.97. The van der Waals surface area contributed by atoms with Crippen molar-refractivity contribution in [2.75, 3.05) is 26.8 Å². The molecule has 0 amide bonds. The topological polar surface area (TPSA) is 90.0 Å². The van der Waals surface area contributed by atoms with Crippen LogP contribution in [0.2, 0.25) is 0 Å². The monoisotopic (exact) mass is 421 g/mol. The molecule has 9 heteroatoms. The quantitative estimate of drug-likeness (QED) is 0.504. The molecule has 0 saturated carbocycles. The SMILES string of the molecule is COc1ccc(C(=O)COC(=O)c2cccc(S(=O)(=O)N3CCCC3)c2)cc1F. The summed E-state index contributed by atoms with van der Waals surface area (Å²) >= 11 is 0. The van der Waals surface area contributed by atoms with Gasteiger partial charge in [-0.05, 0) is 49.2 Å². The summed E-state index contributed by atoms with van der Waals surface area (Å²) < 4.78 is 50.1. The lowest BCUT2D eigenvalue weighted by Crippen LogP contribution is -2.28. The van der Waals surface area contributed by atoms with Gasteiger partial charge in [-0.15, -0.1) is 0 Å². The molecule has 154 valence electrons. The average Bonchev–Trinajstić information content (AvgIpc) is 3.27. The van der Waals surface area contributed by atoms with Crippen LogP contribution in [0.25, 0.3) is 0 Å². The summed E-state index contributed by atoms with van der Waals surface area (Å²) in [6.45, 7) is 0.293. The van der Waals surface area contributed by atoms with Crippen LogP contribution in [-0.4, -0.2) is 51.3 Å². The number of carbonyl (C=O) groups excluding carboxylic acids is 2. The van der Waals surface area contributed by atoms with Crippen molar-refractivity contribution in [3.63, 3.8) is 0 Å². The standard InChI is InChI=1S/C20H20FNO6S/c1-27-19-8-7-14(12-17(19)21)18(23)13-28-20(24)15-5-4-6-16(11-15)29(25,26)22-9-2-3-10-22/h4-8,11-12H,2-3,9-10,13H2,1H3. The van der Waals surface area contributed by atoms with Crippen molar-refractivity contribution in [2.45, 2.75) is 17.7 Å². The molecule has 3 rings (SSSR count). The molecule has 1 aliphatic heterocycles. The highest BCUT2D eigenvalue weighted by molar-refractivity contribution is 7.89. The van der Waals surface area contributed by atoms with E-state index in [4.69, 9.17) is 9.47 Å². The Bertz CT molecular complexity index is 1030. The molecular weight excluding hydrogens is 401 g/mol. The first kappa shape index (κ1) is 20.9. The second kappa shape index (κ2) is 8.71. The zero-order valence-corrected chi connectivity index (χ0v) is 16.6. The number of hydrogen-bond donors (Lipinski definition) is 0. The molecule has 1 aliphatic rings. The minimum Gasteiger partial charge on any atom is -0.494 e. The van der Waals surface area contributed by atoms with Crippen molar-refractivity contribution in [1.82, 2.24) is 4.31 Å². The number of sulfonamides is 1. The molecule has 0 aromatic heterocycles. The zero-order chi connectivity index (χ0) is 21.0. The number of ether oxygens (including phenoxy) is 2. The first-order chi connectivity index (χ1) is 13.8. The number of benzene rings is 2. The van der Waals surface area contributed by atoms with Crippen LogP contribution in [0.3, 0.4) is 0 Å². The Hall–Kier alpha value is -2.78. The van der Waals surface area contributed by atoms with Crippen LogP contribution < -0.4 is 4.74 Å². The van der Waals surface area contributed by atoms with Crippen molar-refractivity contribution < 1.29 is 31.9 Å². The van der Waals surface area contributed by atoms with Gasteiger partial charge in [0.05, 0.1) is 17.6 Å². The van der Waals surface area contributed by atoms with Gasteiger partial charge in [-0.2, -0.15) is 4.31 Å². The van der Waals surface area contributed by atoms with Gasteiger partial charge >= 0.3 is 5.97 Å². The number of hydrogen-bond acceptors (Lipinski definition) is 6. The highest BCUT2D eigenvalue weighted by atomic mass is 32.2. The molecule has 29 heavy (non-hydrogen) atoms. The van der Waals surface area contributed by atoms with Crippen LogP contribution in [0.15, 0.2) is 47.4 Å². The van der Waals surface area contributed by atoms with E-state index < -0.39 is 34.2 Å². The van der Waals surface area contributed by atoms with Crippen LogP contribution in [0.5, 0.6) is 5.75 Å². The lowest BCUT2D eigenvalue weighted by Gasteiger charge is -2.15. The molecule has 2 aromatic rings. The number of Topliss-reactive ketones (excluding diaryl/α,β-unsaturated/α-hetero) is 1. The fourth-order valence-corrected chi connectivity index (χ4v) is 4.56. The maximum Gasteiger partial charge on any atom is 0.338 e. The molecule has 0 bridgehead atoms. The third kappa shape index (κ3) is 4.63. The zero-order valence-electron chi connectivity index (χ0n) is 15.8. The van der Waals surface area contributed by atoms with Gasteiger partial charge in [0.15, 0.2) is 24.0 Å². The Morgan fingerprint density at radius 1 is 1.07 bits per heavy atom. The van der Waals surface area contributed by atoms with Gasteiger partial charge in [0.25, 0.3) is 0 Å². The molecule has 2 aromatic carbocycles. The maximum absolute atomic E-state index is 13.7. The van der Waals surface area contributed by atoms with Crippen molar-refractivity contribution in [3.05, 3.63) is 59.4 Å². The van der Waals surface area contributed by atoms with Gasteiger partial charge in [-0.1, -0.05) is 6.07 Å². The summed E-state index contributed by atoms with van der Waals surface area (Å²) in [5.41, 5.74) is 0.0421. The summed E-state index contributed by atoms with van der Waals surface area (Å²) in [6, 6.07) is 9.16. The summed E-state index contributed by atoms with van der Waals surface area (Å²) in [7, 11) is -2.37. The van der Waals surface area contributed by atoms with Crippen molar-refractivity contribution in [3.8, 4) is 5.75 Å². The van der Waals surface area contributed by atoms with E-state index in [1.165, 1.54) is 47.8 Å². The van der Waals surface area contributed by atoms with E-state index >= 15 is 0 Å². The molecule has 0 aliphatic carbocycles. The third-order valence-electron chi connectivity index (χ3n) is 4.58. The second-order valence-electron chi connectivity index (χ2n) is 6.49. The highest BCUT2D eigenvalue weighted by Gasteiger charge is 2.27. The van der Waals surface area contributed by atoms with E-state index in [9.17, 15) is 22.4 Å². The average molecular weight is 421 g/mol. The lowest BCUT2D eigenvalue weighted by molar-refractivity contribution is 0.0474. The minimum atomic E-state index is -3.68.